The van der Waals surface area contributed by atoms with Crippen LogP contribution in [-0.2, 0) is 18.4 Å². The summed E-state index contributed by atoms with van der Waals surface area (Å²) < 4.78 is 23.4. The molecule has 0 fully saturated rings. The van der Waals surface area contributed by atoms with Crippen LogP contribution < -0.4 is 10.2 Å². The number of quaternary nitrogens is 1. The van der Waals surface area contributed by atoms with Gasteiger partial charge in [0.1, 0.15) is 13.2 Å². The van der Waals surface area contributed by atoms with E-state index in [0.29, 0.717) is 17.4 Å². The summed E-state index contributed by atoms with van der Waals surface area (Å²) in [5.41, 5.74) is 0. The van der Waals surface area contributed by atoms with Gasteiger partial charge in [-0.3, -0.25) is 9.36 Å². The molecule has 0 aromatic rings. The fourth-order valence-electron chi connectivity index (χ4n) is 9.52. The standard InChI is InChI=1S/C75H131N2O6P/c1-6-8-10-12-14-16-18-20-22-24-26-28-30-32-34-36-37-38-39-41-43-45-47-49-51-53-55-57-59-61-63-65-67-69-75(79)76-73(72-83-84(80,81)82-71-70-77(3,4)5)74(78)68-66-64-62-60-58-56-54-52-50-48-46-44-42-40-35-33-31-29-27-25-23-21-19-17-15-13-11-9-7-2/h8,10,14,16,20,22,26,28,32,34,37-38,41,43,47,49,53,55,58,60,66,68,73-74,78H,6-7,9,11-13,15,17-19,21,23-25,27,29-31,33,35-36,39-40,42,44-46,48,50-52,54,56-57,59,61-65,67,69-72H2,1-5H3,(H-,76,79,80,81)/b10-8-,16-14-,22-20-,28-26-,34-32-,38-37-,43-41-,49-47-,55-53-,60-58+,68-66+. The number of phosphoric acid groups is 1. The van der Waals surface area contributed by atoms with Crippen molar-refractivity contribution in [2.75, 3.05) is 40.9 Å². The molecule has 3 unspecified atom stereocenters. The van der Waals surface area contributed by atoms with Gasteiger partial charge in [-0.05, 0) is 103 Å². The van der Waals surface area contributed by atoms with Crippen LogP contribution in [0.1, 0.15) is 284 Å². The molecule has 0 spiro atoms. The molecule has 9 heteroatoms. The van der Waals surface area contributed by atoms with Gasteiger partial charge in [0.25, 0.3) is 7.82 Å². The summed E-state index contributed by atoms with van der Waals surface area (Å²) in [7, 11) is 1.22. The number of rotatable bonds is 62. The monoisotopic (exact) mass is 1190 g/mol. The minimum atomic E-state index is -4.63. The van der Waals surface area contributed by atoms with Gasteiger partial charge in [-0.2, -0.15) is 0 Å². The van der Waals surface area contributed by atoms with Gasteiger partial charge < -0.3 is 28.8 Å². The molecule has 8 nitrogen and oxygen atoms in total. The predicted molar refractivity (Wildman–Crippen MR) is 366 cm³/mol. The number of nitrogens with zero attached hydrogens (tertiary/aromatic N) is 1. The Balaban J connectivity index is 4.23. The number of likely N-dealkylation sites (N-methyl/N-ethyl adjacent to an activating group) is 1. The number of aliphatic hydroxyl groups excluding tert-OH is 1. The lowest BCUT2D eigenvalue weighted by Gasteiger charge is -2.29. The van der Waals surface area contributed by atoms with Crippen molar-refractivity contribution < 1.29 is 32.9 Å². The van der Waals surface area contributed by atoms with Crippen molar-refractivity contribution in [3.8, 4) is 0 Å². The van der Waals surface area contributed by atoms with Crippen LogP contribution in [0.15, 0.2) is 134 Å². The second kappa shape index (κ2) is 64.1. The summed E-state index contributed by atoms with van der Waals surface area (Å²) in [4.78, 5) is 25.6. The van der Waals surface area contributed by atoms with E-state index in [1.54, 1.807) is 6.08 Å². The number of hydrogen-bond acceptors (Lipinski definition) is 6. The van der Waals surface area contributed by atoms with E-state index in [9.17, 15) is 19.4 Å². The number of phosphoric ester groups is 1. The van der Waals surface area contributed by atoms with Crippen molar-refractivity contribution in [2.24, 2.45) is 0 Å². The van der Waals surface area contributed by atoms with Crippen LogP contribution in [-0.4, -0.2) is 68.5 Å². The van der Waals surface area contributed by atoms with Gasteiger partial charge in [0.2, 0.25) is 5.91 Å². The van der Waals surface area contributed by atoms with Gasteiger partial charge in [-0.25, -0.2) is 0 Å². The fourth-order valence-corrected chi connectivity index (χ4v) is 10.2. The first kappa shape index (κ1) is 80.6. The summed E-state index contributed by atoms with van der Waals surface area (Å²) in [5, 5.41) is 13.9. The number of aliphatic hydroxyl groups is 1. The van der Waals surface area contributed by atoms with Crippen LogP contribution in [0.3, 0.4) is 0 Å². The third-order valence-corrected chi connectivity index (χ3v) is 15.8. The molecular formula is C75H131N2O6P. The molecule has 3 atom stereocenters. The molecule has 2 N–H and O–H groups in total. The summed E-state index contributed by atoms with van der Waals surface area (Å²) in [6, 6.07) is -0.926. The molecule has 0 aliphatic carbocycles. The van der Waals surface area contributed by atoms with Crippen molar-refractivity contribution in [1.29, 1.82) is 0 Å². The van der Waals surface area contributed by atoms with Crippen molar-refractivity contribution in [2.45, 2.75) is 296 Å². The van der Waals surface area contributed by atoms with Gasteiger partial charge >= 0.3 is 0 Å². The molecule has 0 bridgehead atoms. The molecule has 0 radical (unpaired) electrons. The molecule has 0 aromatic heterocycles. The Morgan fingerprint density at radius 3 is 1.11 bits per heavy atom. The number of allylic oxidation sites excluding steroid dienone is 21. The Morgan fingerprint density at radius 1 is 0.429 bits per heavy atom. The van der Waals surface area contributed by atoms with Gasteiger partial charge in [-0.15, -0.1) is 0 Å². The fraction of sp³-hybridized carbons (Fsp3) is 0.693. The van der Waals surface area contributed by atoms with Crippen LogP contribution in [0.4, 0.5) is 0 Å². The normalized spacial score (nSPS) is 14.5. The van der Waals surface area contributed by atoms with Crippen molar-refractivity contribution in [1.82, 2.24) is 5.32 Å². The average molecular weight is 1190 g/mol. The number of hydrogen-bond donors (Lipinski definition) is 2. The highest BCUT2D eigenvalue weighted by Gasteiger charge is 2.23. The molecular weight excluding hydrogens is 1060 g/mol. The largest absolute Gasteiger partial charge is 0.756 e. The zero-order valence-corrected chi connectivity index (χ0v) is 56.0. The lowest BCUT2D eigenvalue weighted by Crippen LogP contribution is -2.45. The van der Waals surface area contributed by atoms with Crippen LogP contribution in [0, 0.1) is 0 Å². The molecule has 0 heterocycles. The van der Waals surface area contributed by atoms with Crippen molar-refractivity contribution >= 4 is 13.7 Å². The second-order valence-corrected chi connectivity index (χ2v) is 25.6. The quantitative estimate of drug-likeness (QED) is 0.0272. The van der Waals surface area contributed by atoms with E-state index in [1.807, 2.05) is 27.2 Å². The topological polar surface area (TPSA) is 108 Å². The first-order valence-corrected chi connectivity index (χ1v) is 36.0. The first-order valence-electron chi connectivity index (χ1n) is 34.5. The lowest BCUT2D eigenvalue weighted by atomic mass is 10.0. The smallest absolute Gasteiger partial charge is 0.268 e. The van der Waals surface area contributed by atoms with Gasteiger partial charge in [0.15, 0.2) is 0 Å². The van der Waals surface area contributed by atoms with E-state index in [2.05, 4.69) is 141 Å². The lowest BCUT2D eigenvalue weighted by molar-refractivity contribution is -0.870. The summed E-state index contributed by atoms with van der Waals surface area (Å²) in [6.45, 7) is 4.51. The summed E-state index contributed by atoms with van der Waals surface area (Å²) >= 11 is 0. The van der Waals surface area contributed by atoms with Crippen LogP contribution in [0.2, 0.25) is 0 Å². The third kappa shape index (κ3) is 66.2. The van der Waals surface area contributed by atoms with E-state index < -0.39 is 26.6 Å². The maximum absolute atomic E-state index is 13.0. The minimum Gasteiger partial charge on any atom is -0.756 e. The van der Waals surface area contributed by atoms with Crippen LogP contribution >= 0.6 is 7.82 Å². The molecule has 84 heavy (non-hydrogen) atoms. The number of amides is 1. The molecule has 0 rings (SSSR count). The molecule has 0 aromatic carbocycles. The summed E-state index contributed by atoms with van der Waals surface area (Å²) in [6.07, 6.45) is 97.1. The molecule has 0 saturated heterocycles. The second-order valence-electron chi connectivity index (χ2n) is 24.1. The molecule has 482 valence electrons. The van der Waals surface area contributed by atoms with Gasteiger partial charge in [0.05, 0.1) is 39.9 Å². The number of nitrogens with one attached hydrogen (secondary N) is 1. The molecule has 0 aliphatic rings. The van der Waals surface area contributed by atoms with Crippen LogP contribution in [0.25, 0.3) is 0 Å². The van der Waals surface area contributed by atoms with E-state index in [1.165, 1.54) is 148 Å². The zero-order valence-electron chi connectivity index (χ0n) is 55.1. The SMILES string of the molecule is CC/C=C\C/C=C\C/C=C\C/C=C\C/C=C\C/C=C\C/C=C\C/C=C\C/C=C\CCCCCCCC(=O)NC(COP(=O)([O-])OCC[N+](C)(C)C)C(O)/C=C/CC/C=C/CCCCCCCCCCCCCCCCCCCCCCCCC. The molecule has 0 aliphatic heterocycles. The molecule has 1 amide bonds. The van der Waals surface area contributed by atoms with Crippen molar-refractivity contribution in [3.05, 3.63) is 134 Å². The third-order valence-electron chi connectivity index (χ3n) is 14.8. The van der Waals surface area contributed by atoms with E-state index in [4.69, 9.17) is 9.05 Å². The highest BCUT2D eigenvalue weighted by atomic mass is 31.2. The van der Waals surface area contributed by atoms with Crippen molar-refractivity contribution in [3.63, 3.8) is 0 Å². The van der Waals surface area contributed by atoms with E-state index in [-0.39, 0.29) is 12.5 Å². The van der Waals surface area contributed by atoms with E-state index >= 15 is 0 Å². The number of carbonyl (C=O) groups excluding carboxylic acids is 1. The van der Waals surface area contributed by atoms with Crippen LogP contribution in [0.5, 0.6) is 0 Å². The maximum Gasteiger partial charge on any atom is 0.268 e. The Bertz CT molecular complexity index is 1830. The minimum absolute atomic E-state index is 0.0176. The Morgan fingerprint density at radius 2 is 0.738 bits per heavy atom. The number of unbranched alkanes of at least 4 members (excludes halogenated alkanes) is 29. The predicted octanol–water partition coefficient (Wildman–Crippen LogP) is 21.6. The number of carbonyl (C=O) groups is 1. The zero-order chi connectivity index (χ0) is 61.2. The van der Waals surface area contributed by atoms with Gasteiger partial charge in [-0.1, -0.05) is 308 Å². The Kier molecular flexibility index (Phi) is 61.6. The van der Waals surface area contributed by atoms with Gasteiger partial charge in [0, 0.05) is 6.42 Å². The summed E-state index contributed by atoms with van der Waals surface area (Å²) in [5.74, 6) is -0.229. The highest BCUT2D eigenvalue weighted by molar-refractivity contribution is 7.45. The van der Waals surface area contributed by atoms with E-state index in [0.717, 1.165) is 116 Å². The maximum atomic E-state index is 13.0. The average Bonchev–Trinajstić information content (AvgIpc) is 3.56. The Labute approximate surface area is 519 Å². The first-order chi connectivity index (χ1) is 41.0. The highest BCUT2D eigenvalue weighted by Crippen LogP contribution is 2.38. The molecule has 0 saturated carbocycles. The Hall–Kier alpha value is -3.36.